The van der Waals surface area contributed by atoms with Crippen molar-refractivity contribution < 1.29 is 4.39 Å². The van der Waals surface area contributed by atoms with Crippen LogP contribution in [-0.2, 0) is 12.8 Å². The maximum atomic E-state index is 15.1. The molecule has 0 spiro atoms. The number of aryl methyl sites for hydroxylation is 2. The molecule has 0 fully saturated rings. The van der Waals surface area contributed by atoms with Gasteiger partial charge in [-0.1, -0.05) is 85.1 Å². The average Bonchev–Trinajstić information content (AvgIpc) is 3.38. The lowest BCUT2D eigenvalue weighted by Gasteiger charge is -2.32. The van der Waals surface area contributed by atoms with Crippen molar-refractivity contribution in [3.8, 4) is 0 Å². The number of thiophene rings is 1. The van der Waals surface area contributed by atoms with Gasteiger partial charge in [0.15, 0.2) is 0 Å². The molecule has 1 aliphatic carbocycles. The van der Waals surface area contributed by atoms with Crippen molar-refractivity contribution in [1.82, 2.24) is 0 Å². The summed E-state index contributed by atoms with van der Waals surface area (Å²) >= 11 is 8.27. The number of alkyl halides is 1. The minimum absolute atomic E-state index is 0.132. The third kappa shape index (κ3) is 6.96. The van der Waals surface area contributed by atoms with Gasteiger partial charge in [-0.2, -0.15) is 0 Å². The SMILES string of the molecule is C/C=C(\C1=C(C)C(F)CC(C)=C1)C(c1ccc(Cl)cc1)C(CCC)c1ccc(CCCc2ccccc2)s1. The van der Waals surface area contributed by atoms with Gasteiger partial charge in [0.2, 0.25) is 0 Å². The predicted molar refractivity (Wildman–Crippen MR) is 164 cm³/mol. The van der Waals surface area contributed by atoms with Gasteiger partial charge in [0.25, 0.3) is 0 Å². The molecule has 200 valence electrons. The van der Waals surface area contributed by atoms with Crippen molar-refractivity contribution >= 4 is 22.9 Å². The van der Waals surface area contributed by atoms with Gasteiger partial charge >= 0.3 is 0 Å². The summed E-state index contributed by atoms with van der Waals surface area (Å²) < 4.78 is 15.1. The zero-order chi connectivity index (χ0) is 27.1. The lowest BCUT2D eigenvalue weighted by molar-refractivity contribution is 0.373. The van der Waals surface area contributed by atoms with E-state index in [0.717, 1.165) is 53.8 Å². The van der Waals surface area contributed by atoms with Gasteiger partial charge in [0.05, 0.1) is 0 Å². The maximum absolute atomic E-state index is 15.1. The Kier molecular flexibility index (Phi) is 10.2. The fourth-order valence-electron chi connectivity index (χ4n) is 5.76. The Hall–Kier alpha value is -2.42. The van der Waals surface area contributed by atoms with E-state index in [4.69, 9.17) is 11.6 Å². The van der Waals surface area contributed by atoms with Crippen molar-refractivity contribution in [2.45, 2.75) is 84.2 Å². The Morgan fingerprint density at radius 2 is 1.76 bits per heavy atom. The van der Waals surface area contributed by atoms with Crippen LogP contribution in [0.5, 0.6) is 0 Å². The van der Waals surface area contributed by atoms with Crippen LogP contribution >= 0.6 is 22.9 Å². The van der Waals surface area contributed by atoms with Crippen LogP contribution in [-0.4, -0.2) is 6.17 Å². The summed E-state index contributed by atoms with van der Waals surface area (Å²) in [5.74, 6) is 0.446. The van der Waals surface area contributed by atoms with E-state index >= 15 is 4.39 Å². The maximum Gasteiger partial charge on any atom is 0.125 e. The molecule has 1 heterocycles. The molecule has 0 saturated heterocycles. The monoisotopic (exact) mass is 546 g/mol. The van der Waals surface area contributed by atoms with E-state index in [1.165, 1.54) is 26.5 Å². The van der Waals surface area contributed by atoms with Gasteiger partial charge in [-0.25, -0.2) is 4.39 Å². The highest BCUT2D eigenvalue weighted by Gasteiger charge is 2.32. The second kappa shape index (κ2) is 13.6. The van der Waals surface area contributed by atoms with Gasteiger partial charge in [0, 0.05) is 33.0 Å². The quantitative estimate of drug-likeness (QED) is 0.224. The largest absolute Gasteiger partial charge is 0.242 e. The molecule has 0 nitrogen and oxygen atoms in total. The highest BCUT2D eigenvalue weighted by Crippen LogP contribution is 2.48. The second-order valence-electron chi connectivity index (χ2n) is 10.6. The van der Waals surface area contributed by atoms with Crippen molar-refractivity contribution in [3.63, 3.8) is 0 Å². The van der Waals surface area contributed by atoms with Crippen molar-refractivity contribution in [2.75, 3.05) is 0 Å². The zero-order valence-electron chi connectivity index (χ0n) is 23.1. The molecule has 3 unspecified atom stereocenters. The summed E-state index contributed by atoms with van der Waals surface area (Å²) in [6.07, 6.45) is 9.52. The summed E-state index contributed by atoms with van der Waals surface area (Å²) in [4.78, 5) is 2.87. The Labute approximate surface area is 238 Å². The molecule has 3 aromatic rings. The van der Waals surface area contributed by atoms with E-state index < -0.39 is 6.17 Å². The first-order chi connectivity index (χ1) is 18.4. The molecule has 38 heavy (non-hydrogen) atoms. The van der Waals surface area contributed by atoms with E-state index in [2.05, 4.69) is 80.6 Å². The molecule has 0 N–H and O–H groups in total. The average molecular weight is 547 g/mol. The van der Waals surface area contributed by atoms with Crippen LogP contribution < -0.4 is 0 Å². The third-order valence-electron chi connectivity index (χ3n) is 7.75. The van der Waals surface area contributed by atoms with Crippen LogP contribution in [0.25, 0.3) is 0 Å². The molecule has 3 atom stereocenters. The molecule has 1 aromatic heterocycles. The van der Waals surface area contributed by atoms with E-state index in [-0.39, 0.29) is 5.92 Å². The standard InChI is InChI=1S/C35H40ClFS/c1-5-11-31(34-21-20-29(38-34)15-10-14-26-12-8-7-9-13-26)35(27-16-18-28(36)19-17-27)30(6-2)32-22-24(3)23-33(37)25(32)4/h6-9,12-13,16-22,31,33,35H,5,10-11,14-15,23H2,1-4H3/b30-6+. The van der Waals surface area contributed by atoms with Crippen LogP contribution in [0, 0.1) is 0 Å². The summed E-state index contributed by atoms with van der Waals surface area (Å²) in [6, 6.07) is 23.7. The molecule has 0 saturated carbocycles. The molecule has 0 aliphatic heterocycles. The van der Waals surface area contributed by atoms with Gasteiger partial charge < -0.3 is 0 Å². The Bertz CT molecular complexity index is 1280. The highest BCUT2D eigenvalue weighted by atomic mass is 35.5. The molecule has 2 aromatic carbocycles. The number of halogens is 2. The number of hydrogen-bond donors (Lipinski definition) is 0. The molecular formula is C35H40ClFS. The fourth-order valence-corrected chi connectivity index (χ4v) is 7.11. The van der Waals surface area contributed by atoms with E-state index in [1.54, 1.807) is 0 Å². The third-order valence-corrected chi connectivity index (χ3v) is 9.28. The summed E-state index contributed by atoms with van der Waals surface area (Å²) in [6.45, 7) is 8.39. The van der Waals surface area contributed by atoms with Gasteiger partial charge in [-0.05, 0) is 98.6 Å². The molecule has 4 rings (SSSR count). The number of hydrogen-bond acceptors (Lipinski definition) is 1. The van der Waals surface area contributed by atoms with Crippen molar-refractivity contribution in [2.24, 2.45) is 0 Å². The van der Waals surface area contributed by atoms with Crippen LogP contribution in [0.15, 0.2) is 101 Å². The van der Waals surface area contributed by atoms with Crippen molar-refractivity contribution in [3.05, 3.63) is 127 Å². The number of rotatable bonds is 11. The topological polar surface area (TPSA) is 0 Å². The summed E-state index contributed by atoms with van der Waals surface area (Å²) in [5, 5.41) is 0.742. The van der Waals surface area contributed by atoms with Crippen LogP contribution in [0.3, 0.4) is 0 Å². The molecule has 0 bridgehead atoms. The van der Waals surface area contributed by atoms with Gasteiger partial charge in [-0.3, -0.25) is 0 Å². The Balaban J connectivity index is 1.68. The zero-order valence-corrected chi connectivity index (χ0v) is 24.7. The van der Waals surface area contributed by atoms with E-state index in [0.29, 0.717) is 12.3 Å². The molecule has 0 radical (unpaired) electrons. The number of benzene rings is 2. The molecule has 0 amide bonds. The first-order valence-electron chi connectivity index (χ1n) is 14.0. The van der Waals surface area contributed by atoms with Crippen molar-refractivity contribution in [1.29, 1.82) is 0 Å². The molecular weight excluding hydrogens is 507 g/mol. The second-order valence-corrected chi connectivity index (χ2v) is 12.2. The first-order valence-corrected chi connectivity index (χ1v) is 15.2. The highest BCUT2D eigenvalue weighted by molar-refractivity contribution is 7.12. The Morgan fingerprint density at radius 3 is 2.45 bits per heavy atom. The minimum atomic E-state index is -0.918. The lowest BCUT2D eigenvalue weighted by atomic mass is 9.73. The van der Waals surface area contributed by atoms with Crippen LogP contribution in [0.2, 0.25) is 5.02 Å². The predicted octanol–water partition coefficient (Wildman–Crippen LogP) is 11.2. The first kappa shape index (κ1) is 28.6. The summed E-state index contributed by atoms with van der Waals surface area (Å²) in [7, 11) is 0. The molecule has 1 aliphatic rings. The van der Waals surface area contributed by atoms with Gasteiger partial charge in [-0.15, -0.1) is 11.3 Å². The normalized spacial score (nSPS) is 17.9. The number of allylic oxidation sites excluding steroid dienone is 6. The minimum Gasteiger partial charge on any atom is -0.242 e. The van der Waals surface area contributed by atoms with Gasteiger partial charge in [0.1, 0.15) is 6.17 Å². The smallest absolute Gasteiger partial charge is 0.125 e. The molecule has 3 heteroatoms. The lowest BCUT2D eigenvalue weighted by Crippen LogP contribution is -2.18. The van der Waals surface area contributed by atoms with Crippen LogP contribution in [0.1, 0.15) is 86.1 Å². The van der Waals surface area contributed by atoms with E-state index in [1.807, 2.05) is 37.3 Å². The summed E-state index contributed by atoms with van der Waals surface area (Å²) in [5.41, 5.74) is 6.90. The van der Waals surface area contributed by atoms with Crippen LogP contribution in [0.4, 0.5) is 4.39 Å². The Morgan fingerprint density at radius 1 is 1.03 bits per heavy atom. The fraction of sp³-hybridized carbons (Fsp3) is 0.371. The van der Waals surface area contributed by atoms with E-state index in [9.17, 15) is 0 Å².